The number of nitrogens with zero attached hydrogens (tertiary/aromatic N) is 4. The molecule has 2 aromatic rings. The molecule has 6 rings (SSSR count). The Morgan fingerprint density at radius 1 is 0.976 bits per heavy atom. The zero-order valence-corrected chi connectivity index (χ0v) is 22.7. The molecule has 3 fully saturated rings. The summed E-state index contributed by atoms with van der Waals surface area (Å²) in [5, 5.41) is 2.21. The Hall–Kier alpha value is -5.00. The SMILES string of the molecule is COc1cccc(N2C(=O)NC(=O)/C(=C\c3ccc4c(c3)CC3(C(=O)N(C)C(=O)N(C)C3=O)[C@H]3CCCN43)C2=O)c1. The summed E-state index contributed by atoms with van der Waals surface area (Å²) in [6, 6.07) is 9.73. The van der Waals surface area contributed by atoms with Crippen LogP contribution in [-0.4, -0.2) is 79.3 Å². The number of barbiturate groups is 2. The van der Waals surface area contributed by atoms with E-state index in [1.807, 2.05) is 11.0 Å². The molecule has 8 amide bonds. The van der Waals surface area contributed by atoms with Crippen molar-refractivity contribution in [3.05, 3.63) is 59.2 Å². The third-order valence-electron chi connectivity index (χ3n) is 8.37. The molecule has 4 aliphatic heterocycles. The molecule has 0 radical (unpaired) electrons. The maximum atomic E-state index is 13.6. The first-order valence-corrected chi connectivity index (χ1v) is 13.1. The highest BCUT2D eigenvalue weighted by molar-refractivity contribution is 6.39. The standard InChI is InChI=1S/C29H27N5O7/c1-31-25(37)29(26(38)32(2)28(31)40)15-17-12-16(9-10-21(17)33-11-5-8-22(29)33)13-20-23(35)30-27(39)34(24(20)36)18-6-4-7-19(14-18)41-3/h4,6-7,9-10,12-14,22H,5,8,11,15H2,1-3H3,(H,30,35,39)/b20-13+/t22-/m1/s1. The molecule has 12 nitrogen and oxygen atoms in total. The van der Waals surface area contributed by atoms with Gasteiger partial charge in [-0.3, -0.25) is 34.3 Å². The van der Waals surface area contributed by atoms with Gasteiger partial charge in [0.2, 0.25) is 11.8 Å². The lowest BCUT2D eigenvalue weighted by Gasteiger charge is -2.50. The molecule has 0 saturated carbocycles. The minimum Gasteiger partial charge on any atom is -0.497 e. The van der Waals surface area contributed by atoms with E-state index < -0.39 is 47.1 Å². The summed E-state index contributed by atoms with van der Waals surface area (Å²) in [6.45, 7) is 0.639. The number of hydrogen-bond acceptors (Lipinski definition) is 8. The van der Waals surface area contributed by atoms with E-state index in [2.05, 4.69) is 5.32 Å². The summed E-state index contributed by atoms with van der Waals surface area (Å²) >= 11 is 0. The maximum Gasteiger partial charge on any atom is 0.335 e. The van der Waals surface area contributed by atoms with Gasteiger partial charge in [-0.05, 0) is 60.7 Å². The average Bonchev–Trinajstić information content (AvgIpc) is 3.47. The van der Waals surface area contributed by atoms with Crippen LogP contribution in [0.25, 0.3) is 6.08 Å². The van der Waals surface area contributed by atoms with Gasteiger partial charge in [0, 0.05) is 32.4 Å². The number of hydrogen-bond donors (Lipinski definition) is 1. The predicted octanol–water partition coefficient (Wildman–Crippen LogP) is 1.92. The molecule has 0 unspecified atom stereocenters. The second-order valence-electron chi connectivity index (χ2n) is 10.6. The van der Waals surface area contributed by atoms with E-state index >= 15 is 0 Å². The van der Waals surface area contributed by atoms with Crippen molar-refractivity contribution >= 4 is 53.1 Å². The normalized spacial score (nSPS) is 22.9. The lowest BCUT2D eigenvalue weighted by Crippen LogP contribution is -2.70. The molecule has 3 saturated heterocycles. The molecule has 0 bridgehead atoms. The van der Waals surface area contributed by atoms with E-state index in [1.54, 1.807) is 30.3 Å². The number of fused-ring (bicyclic) bond motifs is 4. The van der Waals surface area contributed by atoms with Crippen LogP contribution < -0.4 is 19.9 Å². The zero-order valence-electron chi connectivity index (χ0n) is 22.7. The highest BCUT2D eigenvalue weighted by Gasteiger charge is 2.63. The quantitative estimate of drug-likeness (QED) is 0.344. The third kappa shape index (κ3) is 3.74. The summed E-state index contributed by atoms with van der Waals surface area (Å²) in [4.78, 5) is 83.5. The fourth-order valence-electron chi connectivity index (χ4n) is 6.44. The molecule has 1 atom stereocenters. The number of methoxy groups -OCH3 is 1. The summed E-state index contributed by atoms with van der Waals surface area (Å²) in [6.07, 6.45) is 2.85. The lowest BCUT2D eigenvalue weighted by molar-refractivity contribution is -0.159. The summed E-state index contributed by atoms with van der Waals surface area (Å²) < 4.78 is 5.20. The molecule has 41 heavy (non-hydrogen) atoms. The number of ether oxygens (including phenoxy) is 1. The van der Waals surface area contributed by atoms with Crippen LogP contribution in [0.2, 0.25) is 0 Å². The average molecular weight is 558 g/mol. The van der Waals surface area contributed by atoms with Crippen LogP contribution >= 0.6 is 0 Å². The fraction of sp³-hybridized carbons (Fsp3) is 0.310. The van der Waals surface area contributed by atoms with E-state index in [0.717, 1.165) is 26.8 Å². The first-order chi connectivity index (χ1) is 19.6. The minimum absolute atomic E-state index is 0.0642. The van der Waals surface area contributed by atoms with Gasteiger partial charge in [-0.25, -0.2) is 14.5 Å². The van der Waals surface area contributed by atoms with Gasteiger partial charge in [0.25, 0.3) is 11.8 Å². The Balaban J connectivity index is 1.40. The van der Waals surface area contributed by atoms with Crippen LogP contribution in [0.5, 0.6) is 5.75 Å². The van der Waals surface area contributed by atoms with Gasteiger partial charge in [-0.2, -0.15) is 0 Å². The van der Waals surface area contributed by atoms with Gasteiger partial charge < -0.3 is 9.64 Å². The van der Waals surface area contributed by atoms with Gasteiger partial charge in [0.05, 0.1) is 18.8 Å². The number of benzene rings is 2. The summed E-state index contributed by atoms with van der Waals surface area (Å²) in [5.74, 6) is -2.29. The second kappa shape index (κ2) is 9.29. The zero-order chi connectivity index (χ0) is 29.2. The maximum absolute atomic E-state index is 13.6. The minimum atomic E-state index is -1.47. The first kappa shape index (κ1) is 26.2. The molecule has 2 aromatic carbocycles. The molecular formula is C29H27N5O7. The van der Waals surface area contributed by atoms with Crippen LogP contribution in [-0.2, 0) is 25.6 Å². The first-order valence-electron chi connectivity index (χ1n) is 13.1. The van der Waals surface area contributed by atoms with E-state index in [9.17, 15) is 28.8 Å². The lowest BCUT2D eigenvalue weighted by atomic mass is 9.68. The van der Waals surface area contributed by atoms with Gasteiger partial charge in [-0.15, -0.1) is 0 Å². The molecule has 1 N–H and O–H groups in total. The van der Waals surface area contributed by atoms with Crippen molar-refractivity contribution in [2.75, 3.05) is 37.5 Å². The molecule has 1 spiro atoms. The van der Waals surface area contributed by atoms with E-state index in [4.69, 9.17) is 4.74 Å². The molecular weight excluding hydrogens is 530 g/mol. The van der Waals surface area contributed by atoms with Crippen molar-refractivity contribution in [2.24, 2.45) is 5.41 Å². The molecule has 0 aliphatic carbocycles. The molecule has 0 aromatic heterocycles. The fourth-order valence-corrected chi connectivity index (χ4v) is 6.44. The van der Waals surface area contributed by atoms with Crippen LogP contribution in [0.1, 0.15) is 24.0 Å². The Bertz CT molecular complexity index is 1570. The van der Waals surface area contributed by atoms with Crippen molar-refractivity contribution in [2.45, 2.75) is 25.3 Å². The van der Waals surface area contributed by atoms with Gasteiger partial charge in [0.15, 0.2) is 5.41 Å². The number of urea groups is 2. The Labute approximate surface area is 235 Å². The third-order valence-corrected chi connectivity index (χ3v) is 8.37. The number of nitrogens with one attached hydrogen (secondary N) is 1. The van der Waals surface area contributed by atoms with Gasteiger partial charge in [0.1, 0.15) is 11.3 Å². The highest BCUT2D eigenvalue weighted by atomic mass is 16.5. The molecule has 4 aliphatic rings. The number of imide groups is 4. The van der Waals surface area contributed by atoms with Crippen LogP contribution in [0.15, 0.2) is 48.0 Å². The number of carbonyl (C=O) groups is 6. The van der Waals surface area contributed by atoms with Crippen molar-refractivity contribution in [1.29, 1.82) is 0 Å². The molecule has 12 heteroatoms. The van der Waals surface area contributed by atoms with Crippen molar-refractivity contribution in [3.63, 3.8) is 0 Å². The van der Waals surface area contributed by atoms with Crippen molar-refractivity contribution < 1.29 is 33.5 Å². The summed E-state index contributed by atoms with van der Waals surface area (Å²) in [5.41, 5.74) is 0.515. The number of rotatable bonds is 3. The van der Waals surface area contributed by atoms with Gasteiger partial charge >= 0.3 is 12.1 Å². The van der Waals surface area contributed by atoms with Gasteiger partial charge in [-0.1, -0.05) is 12.1 Å². The Kier molecular flexibility index (Phi) is 5.94. The Morgan fingerprint density at radius 3 is 2.41 bits per heavy atom. The van der Waals surface area contributed by atoms with E-state index in [-0.39, 0.29) is 17.7 Å². The van der Waals surface area contributed by atoms with Crippen LogP contribution in [0, 0.1) is 5.41 Å². The number of carbonyl (C=O) groups excluding carboxylic acids is 6. The molecule has 210 valence electrons. The topological polar surface area (TPSA) is 137 Å². The summed E-state index contributed by atoms with van der Waals surface area (Å²) in [7, 11) is 4.22. The van der Waals surface area contributed by atoms with Crippen LogP contribution in [0.4, 0.5) is 21.0 Å². The molecule has 4 heterocycles. The van der Waals surface area contributed by atoms with Crippen molar-refractivity contribution in [1.82, 2.24) is 15.1 Å². The smallest absolute Gasteiger partial charge is 0.335 e. The van der Waals surface area contributed by atoms with E-state index in [0.29, 0.717) is 29.8 Å². The Morgan fingerprint density at radius 2 is 1.71 bits per heavy atom. The van der Waals surface area contributed by atoms with E-state index in [1.165, 1.54) is 33.3 Å². The monoisotopic (exact) mass is 557 g/mol. The second-order valence-corrected chi connectivity index (χ2v) is 10.6. The highest BCUT2D eigenvalue weighted by Crippen LogP contribution is 2.49. The van der Waals surface area contributed by atoms with Crippen molar-refractivity contribution in [3.8, 4) is 5.75 Å². The number of anilines is 2. The largest absolute Gasteiger partial charge is 0.497 e. The number of amides is 8. The van der Waals surface area contributed by atoms with Crippen LogP contribution in [0.3, 0.4) is 0 Å². The predicted molar refractivity (Wildman–Crippen MR) is 146 cm³/mol.